The Labute approximate surface area is 173 Å². The van der Waals surface area contributed by atoms with Gasteiger partial charge in [-0.2, -0.15) is 0 Å². The Morgan fingerprint density at radius 3 is 2.48 bits per heavy atom. The van der Waals surface area contributed by atoms with E-state index in [0.29, 0.717) is 12.2 Å². The summed E-state index contributed by atoms with van der Waals surface area (Å²) in [4.78, 5) is 21.5. The van der Waals surface area contributed by atoms with Gasteiger partial charge in [-0.05, 0) is 37.1 Å². The largest absolute Gasteiger partial charge is 0.478 e. The van der Waals surface area contributed by atoms with Gasteiger partial charge in [0, 0.05) is 35.3 Å². The first-order valence-electron chi connectivity index (χ1n) is 9.09. The maximum absolute atomic E-state index is 9.55. The number of rotatable bonds is 2. The van der Waals surface area contributed by atoms with Gasteiger partial charge in [-0.15, -0.1) is 0 Å². The van der Waals surface area contributed by atoms with Crippen molar-refractivity contribution in [1.82, 2.24) is 0 Å². The number of carboxylic acid groups (broad SMARTS) is 2. The van der Waals surface area contributed by atoms with E-state index in [0.717, 1.165) is 47.2 Å². The molecule has 0 aliphatic carbocycles. The fourth-order valence-corrected chi connectivity index (χ4v) is 3.74. The van der Waals surface area contributed by atoms with Crippen LogP contribution in [-0.2, 0) is 9.59 Å². The molecule has 7 nitrogen and oxygen atoms in total. The summed E-state index contributed by atoms with van der Waals surface area (Å²) in [5.74, 6) is -0.769. The van der Waals surface area contributed by atoms with Crippen LogP contribution < -0.4 is 15.4 Å². The van der Waals surface area contributed by atoms with Gasteiger partial charge in [-0.25, -0.2) is 9.59 Å². The van der Waals surface area contributed by atoms with E-state index in [1.807, 2.05) is 36.4 Å². The number of piperidine rings is 1. The Morgan fingerprint density at radius 1 is 1.10 bits per heavy atom. The van der Waals surface area contributed by atoms with Crippen LogP contribution in [0.1, 0.15) is 24.4 Å². The van der Waals surface area contributed by atoms with Crippen molar-refractivity contribution in [1.29, 1.82) is 0 Å². The number of hydrogen-bond acceptors (Lipinski definition) is 5. The van der Waals surface area contributed by atoms with E-state index in [2.05, 4.69) is 11.0 Å². The highest BCUT2D eigenvalue weighted by atomic mass is 35.5. The Balaban J connectivity index is 0.000000258. The van der Waals surface area contributed by atoms with Crippen molar-refractivity contribution < 1.29 is 24.5 Å². The lowest BCUT2D eigenvalue weighted by Gasteiger charge is -2.40. The summed E-state index contributed by atoms with van der Waals surface area (Å²) in [5, 5.41) is 16.3. The van der Waals surface area contributed by atoms with E-state index < -0.39 is 11.9 Å². The molecule has 0 radical (unpaired) electrons. The molecule has 2 heterocycles. The number of hydrogen-bond donors (Lipinski definition) is 3. The van der Waals surface area contributed by atoms with Gasteiger partial charge in [0.05, 0.1) is 11.7 Å². The van der Waals surface area contributed by atoms with Crippen LogP contribution in [0.5, 0.6) is 11.5 Å². The van der Waals surface area contributed by atoms with Crippen molar-refractivity contribution in [3.63, 3.8) is 0 Å². The number of aliphatic carboxylic acids is 2. The van der Waals surface area contributed by atoms with E-state index >= 15 is 0 Å². The minimum atomic E-state index is -1.26. The van der Waals surface area contributed by atoms with Gasteiger partial charge in [-0.1, -0.05) is 29.8 Å². The molecule has 2 aromatic rings. The van der Waals surface area contributed by atoms with Gasteiger partial charge < -0.3 is 25.6 Å². The molecule has 2 aliphatic rings. The summed E-state index contributed by atoms with van der Waals surface area (Å²) in [5.41, 5.74) is 8.64. The smallest absolute Gasteiger partial charge is 0.328 e. The molecule has 4 rings (SSSR count). The fraction of sp³-hybridized carbons (Fsp3) is 0.238. The highest BCUT2D eigenvalue weighted by Crippen LogP contribution is 2.47. The molecule has 152 valence electrons. The second-order valence-electron chi connectivity index (χ2n) is 6.71. The van der Waals surface area contributed by atoms with Crippen molar-refractivity contribution in [2.75, 3.05) is 11.4 Å². The number of nitrogens with zero attached hydrogens (tertiary/aromatic N) is 1. The zero-order valence-electron chi connectivity index (χ0n) is 15.5. The molecule has 2 aliphatic heterocycles. The van der Waals surface area contributed by atoms with Crippen molar-refractivity contribution in [2.45, 2.75) is 24.9 Å². The molecule has 2 atom stereocenters. The lowest BCUT2D eigenvalue weighted by atomic mass is 9.90. The Morgan fingerprint density at radius 2 is 1.79 bits per heavy atom. The number of carbonyl (C=O) groups is 2. The summed E-state index contributed by atoms with van der Waals surface area (Å²) < 4.78 is 6.14. The van der Waals surface area contributed by atoms with Crippen molar-refractivity contribution in [3.8, 4) is 11.5 Å². The Hall–Kier alpha value is -3.03. The predicted octanol–water partition coefficient (Wildman–Crippen LogP) is 3.83. The minimum Gasteiger partial charge on any atom is -0.478 e. The van der Waals surface area contributed by atoms with Crippen molar-refractivity contribution in [3.05, 3.63) is 65.2 Å². The number of nitrogens with two attached hydrogens (primary N) is 1. The quantitative estimate of drug-likeness (QED) is 0.637. The Bertz CT molecular complexity index is 930. The fourth-order valence-electron chi connectivity index (χ4n) is 3.57. The average Bonchev–Trinajstić information content (AvgIpc) is 2.82. The van der Waals surface area contributed by atoms with Gasteiger partial charge in [0.1, 0.15) is 5.75 Å². The number of para-hydroxylation sites is 1. The zero-order chi connectivity index (χ0) is 21.0. The van der Waals surface area contributed by atoms with Crippen LogP contribution in [0.15, 0.2) is 54.6 Å². The van der Waals surface area contributed by atoms with Gasteiger partial charge >= 0.3 is 11.9 Å². The third-order valence-electron chi connectivity index (χ3n) is 4.73. The monoisotopic (exact) mass is 416 g/mol. The van der Waals surface area contributed by atoms with Crippen LogP contribution in [0.25, 0.3) is 0 Å². The normalized spacial score (nSPS) is 19.6. The number of ether oxygens (including phenoxy) is 1. The second kappa shape index (κ2) is 8.98. The maximum Gasteiger partial charge on any atom is 0.328 e. The van der Waals surface area contributed by atoms with E-state index in [9.17, 15) is 9.59 Å². The minimum absolute atomic E-state index is 0.105. The molecule has 4 N–H and O–H groups in total. The molecular weight excluding hydrogens is 396 g/mol. The number of anilines is 1. The van der Waals surface area contributed by atoms with Crippen LogP contribution in [0, 0.1) is 0 Å². The number of halogens is 1. The van der Waals surface area contributed by atoms with Gasteiger partial charge in [0.2, 0.25) is 0 Å². The van der Waals surface area contributed by atoms with Crippen LogP contribution in [0.2, 0.25) is 5.02 Å². The summed E-state index contributed by atoms with van der Waals surface area (Å²) in [7, 11) is 0. The molecule has 29 heavy (non-hydrogen) atoms. The van der Waals surface area contributed by atoms with Crippen molar-refractivity contribution >= 4 is 29.2 Å². The second-order valence-corrected chi connectivity index (χ2v) is 7.14. The summed E-state index contributed by atoms with van der Waals surface area (Å²) >= 11 is 6.20. The zero-order valence-corrected chi connectivity index (χ0v) is 16.2. The van der Waals surface area contributed by atoms with Crippen molar-refractivity contribution in [2.24, 2.45) is 5.73 Å². The van der Waals surface area contributed by atoms with Gasteiger partial charge in [-0.3, -0.25) is 0 Å². The third-order valence-corrected chi connectivity index (χ3v) is 4.97. The first-order chi connectivity index (χ1) is 13.9. The number of benzene rings is 2. The molecular formula is C21H21ClN2O5. The predicted molar refractivity (Wildman–Crippen MR) is 110 cm³/mol. The summed E-state index contributed by atoms with van der Waals surface area (Å²) in [6.07, 6.45) is 3.24. The lowest BCUT2D eigenvalue weighted by Crippen LogP contribution is -2.45. The van der Waals surface area contributed by atoms with Crippen LogP contribution in [0.4, 0.5) is 5.69 Å². The van der Waals surface area contributed by atoms with E-state index in [1.54, 1.807) is 0 Å². The molecule has 2 aromatic carbocycles. The molecule has 0 unspecified atom stereocenters. The summed E-state index contributed by atoms with van der Waals surface area (Å²) in [6.45, 7) is 0.976. The molecule has 0 bridgehead atoms. The van der Waals surface area contributed by atoms with E-state index in [4.69, 9.17) is 32.3 Å². The lowest BCUT2D eigenvalue weighted by molar-refractivity contribution is -0.134. The average molecular weight is 417 g/mol. The standard InChI is InChI=1S/C17H17ClN2O.C4H4O4/c18-11-7-8-16-14(10-11)20-9-3-5-13(19)17(20)12-4-1-2-6-15(12)21-16;5-3(6)1-2-4(7)8/h1-2,4,6-8,10,13,17H,3,5,9,19H2;1-2H,(H,5,6)(H,7,8)/b;2-1-/t13-,17-;/m0./s1. The Kier molecular flexibility index (Phi) is 6.41. The first kappa shape index (κ1) is 20.7. The molecule has 0 aromatic heterocycles. The highest BCUT2D eigenvalue weighted by molar-refractivity contribution is 6.31. The molecule has 0 saturated carbocycles. The number of fused-ring (bicyclic) bond motifs is 5. The molecule has 0 spiro atoms. The van der Waals surface area contributed by atoms with Crippen LogP contribution >= 0.6 is 11.6 Å². The SMILES string of the molecule is N[C@H]1CCCN2c3cc(Cl)ccc3Oc3ccccc3[C@@H]12.O=C(O)/C=C\C(=O)O. The first-order valence-corrected chi connectivity index (χ1v) is 9.47. The van der Waals surface area contributed by atoms with Crippen LogP contribution in [-0.4, -0.2) is 34.7 Å². The number of carboxylic acids is 2. The maximum atomic E-state index is 9.55. The molecule has 1 saturated heterocycles. The molecule has 0 amide bonds. The topological polar surface area (TPSA) is 113 Å². The van der Waals surface area contributed by atoms with Gasteiger partial charge in [0.15, 0.2) is 5.75 Å². The highest BCUT2D eigenvalue weighted by Gasteiger charge is 2.36. The van der Waals surface area contributed by atoms with E-state index in [1.165, 1.54) is 0 Å². The molecule has 8 heteroatoms. The van der Waals surface area contributed by atoms with Crippen LogP contribution in [0.3, 0.4) is 0 Å². The molecule has 1 fully saturated rings. The third kappa shape index (κ3) is 4.88. The van der Waals surface area contributed by atoms with Gasteiger partial charge in [0.25, 0.3) is 0 Å². The summed E-state index contributed by atoms with van der Waals surface area (Å²) in [6, 6.07) is 14.2. The van der Waals surface area contributed by atoms with E-state index in [-0.39, 0.29) is 12.1 Å².